The van der Waals surface area contributed by atoms with Gasteiger partial charge in [-0.3, -0.25) is 0 Å². The SMILES string of the molecule is CCCN(CCC)CCCNc1nccc(Nc2ccc3c(c2)c2ccccc2n3CC)n1. The van der Waals surface area contributed by atoms with Gasteiger partial charge in [0.25, 0.3) is 0 Å². The molecule has 0 aliphatic rings. The van der Waals surface area contributed by atoms with Gasteiger partial charge in [-0.05, 0) is 76.2 Å². The number of anilines is 3. The number of hydrogen-bond donors (Lipinski definition) is 2. The Bertz CT molecular complexity index is 1180. The van der Waals surface area contributed by atoms with E-state index in [2.05, 4.69) is 93.3 Å². The summed E-state index contributed by atoms with van der Waals surface area (Å²) in [5.41, 5.74) is 3.56. The van der Waals surface area contributed by atoms with Gasteiger partial charge in [-0.2, -0.15) is 4.98 Å². The van der Waals surface area contributed by atoms with E-state index < -0.39 is 0 Å². The van der Waals surface area contributed by atoms with E-state index in [1.165, 1.54) is 47.7 Å². The Hall–Kier alpha value is -3.12. The monoisotopic (exact) mass is 444 g/mol. The van der Waals surface area contributed by atoms with Gasteiger partial charge in [-0.25, -0.2) is 4.98 Å². The van der Waals surface area contributed by atoms with E-state index in [-0.39, 0.29) is 0 Å². The van der Waals surface area contributed by atoms with Crippen molar-refractivity contribution in [1.82, 2.24) is 19.4 Å². The number of hydrogen-bond acceptors (Lipinski definition) is 5. The van der Waals surface area contributed by atoms with E-state index in [4.69, 9.17) is 0 Å². The quantitative estimate of drug-likeness (QED) is 0.252. The molecule has 2 heterocycles. The fraction of sp³-hybridized carbons (Fsp3) is 0.407. The summed E-state index contributed by atoms with van der Waals surface area (Å²) < 4.78 is 2.36. The van der Waals surface area contributed by atoms with Gasteiger partial charge in [0.15, 0.2) is 0 Å². The Morgan fingerprint density at radius 3 is 2.45 bits per heavy atom. The van der Waals surface area contributed by atoms with Crippen molar-refractivity contribution < 1.29 is 0 Å². The smallest absolute Gasteiger partial charge is 0.224 e. The number of aryl methyl sites for hydroxylation is 1. The van der Waals surface area contributed by atoms with Crippen molar-refractivity contribution in [3.05, 3.63) is 54.7 Å². The minimum atomic E-state index is 0.668. The molecule has 174 valence electrons. The zero-order chi connectivity index (χ0) is 23.0. The molecule has 6 heteroatoms. The lowest BCUT2D eigenvalue weighted by molar-refractivity contribution is 0.274. The van der Waals surface area contributed by atoms with Crippen LogP contribution in [0.25, 0.3) is 21.8 Å². The third-order valence-electron chi connectivity index (χ3n) is 6.03. The summed E-state index contributed by atoms with van der Waals surface area (Å²) in [7, 11) is 0. The molecule has 0 radical (unpaired) electrons. The third kappa shape index (κ3) is 5.45. The van der Waals surface area contributed by atoms with Crippen LogP contribution in [-0.4, -0.2) is 45.6 Å². The molecule has 4 aromatic rings. The highest BCUT2D eigenvalue weighted by atomic mass is 15.1. The van der Waals surface area contributed by atoms with Crippen molar-refractivity contribution in [3.8, 4) is 0 Å². The zero-order valence-corrected chi connectivity index (χ0v) is 20.1. The average Bonchev–Trinajstić information content (AvgIpc) is 3.15. The third-order valence-corrected chi connectivity index (χ3v) is 6.03. The number of para-hydroxylation sites is 1. The lowest BCUT2D eigenvalue weighted by Crippen LogP contribution is -2.27. The molecule has 33 heavy (non-hydrogen) atoms. The highest BCUT2D eigenvalue weighted by Crippen LogP contribution is 2.31. The summed E-state index contributed by atoms with van der Waals surface area (Å²) in [5.74, 6) is 1.46. The van der Waals surface area contributed by atoms with E-state index in [0.717, 1.165) is 37.6 Å². The molecule has 2 N–H and O–H groups in total. The highest BCUT2D eigenvalue weighted by molar-refractivity contribution is 6.09. The molecule has 0 saturated heterocycles. The van der Waals surface area contributed by atoms with Gasteiger partial charge in [0.05, 0.1) is 0 Å². The summed E-state index contributed by atoms with van der Waals surface area (Å²) in [6, 6.07) is 17.0. The topological polar surface area (TPSA) is 58.0 Å². The fourth-order valence-corrected chi connectivity index (χ4v) is 4.60. The first kappa shape index (κ1) is 23.1. The lowest BCUT2D eigenvalue weighted by atomic mass is 10.1. The number of nitrogens with zero attached hydrogens (tertiary/aromatic N) is 4. The van der Waals surface area contributed by atoms with Gasteiger partial charge in [0.1, 0.15) is 5.82 Å². The normalized spacial score (nSPS) is 11.5. The molecule has 0 bridgehead atoms. The molecule has 0 fully saturated rings. The second-order valence-electron chi connectivity index (χ2n) is 8.51. The summed E-state index contributed by atoms with van der Waals surface area (Å²) in [6.07, 6.45) is 5.29. The molecule has 0 aliphatic heterocycles. The van der Waals surface area contributed by atoms with Gasteiger partial charge < -0.3 is 20.1 Å². The summed E-state index contributed by atoms with van der Waals surface area (Å²) >= 11 is 0. The summed E-state index contributed by atoms with van der Waals surface area (Å²) in [5, 5.41) is 9.38. The van der Waals surface area contributed by atoms with E-state index in [1.54, 1.807) is 6.20 Å². The molecular weight excluding hydrogens is 408 g/mol. The van der Waals surface area contributed by atoms with Crippen molar-refractivity contribution in [3.63, 3.8) is 0 Å². The van der Waals surface area contributed by atoms with E-state index in [0.29, 0.717) is 5.95 Å². The largest absolute Gasteiger partial charge is 0.354 e. The maximum absolute atomic E-state index is 4.67. The molecule has 0 aliphatic carbocycles. The average molecular weight is 445 g/mol. The van der Waals surface area contributed by atoms with Gasteiger partial charge in [0, 0.05) is 46.8 Å². The molecule has 0 unspecified atom stereocenters. The van der Waals surface area contributed by atoms with Gasteiger partial charge >= 0.3 is 0 Å². The first-order chi connectivity index (χ1) is 16.2. The highest BCUT2D eigenvalue weighted by Gasteiger charge is 2.10. The molecule has 2 aromatic carbocycles. The van der Waals surface area contributed by atoms with Crippen LogP contribution >= 0.6 is 0 Å². The minimum absolute atomic E-state index is 0.668. The van der Waals surface area contributed by atoms with Crippen LogP contribution in [0.1, 0.15) is 40.0 Å². The van der Waals surface area contributed by atoms with Crippen molar-refractivity contribution in [1.29, 1.82) is 0 Å². The van der Waals surface area contributed by atoms with Crippen molar-refractivity contribution >= 4 is 39.3 Å². The van der Waals surface area contributed by atoms with E-state index in [9.17, 15) is 0 Å². The van der Waals surface area contributed by atoms with Crippen LogP contribution in [0.5, 0.6) is 0 Å². The molecule has 4 rings (SSSR count). The van der Waals surface area contributed by atoms with E-state index in [1.807, 2.05) is 6.07 Å². The van der Waals surface area contributed by atoms with Crippen LogP contribution in [0.15, 0.2) is 54.7 Å². The lowest BCUT2D eigenvalue weighted by Gasteiger charge is -2.20. The number of aromatic nitrogens is 3. The maximum Gasteiger partial charge on any atom is 0.224 e. The Morgan fingerprint density at radius 1 is 0.879 bits per heavy atom. The second-order valence-corrected chi connectivity index (χ2v) is 8.51. The molecule has 0 spiro atoms. The fourth-order valence-electron chi connectivity index (χ4n) is 4.60. The molecule has 0 atom stereocenters. The summed E-state index contributed by atoms with van der Waals surface area (Å²) in [4.78, 5) is 11.6. The Balaban J connectivity index is 1.42. The molecule has 2 aromatic heterocycles. The number of rotatable bonds is 12. The summed E-state index contributed by atoms with van der Waals surface area (Å²) in [6.45, 7) is 12.0. The minimum Gasteiger partial charge on any atom is -0.354 e. The predicted molar refractivity (Wildman–Crippen MR) is 141 cm³/mol. The number of benzene rings is 2. The Kier molecular flexibility index (Phi) is 7.79. The molecule has 0 amide bonds. The van der Waals surface area contributed by atoms with Crippen LogP contribution < -0.4 is 10.6 Å². The Morgan fingerprint density at radius 2 is 1.67 bits per heavy atom. The molecule has 0 saturated carbocycles. The number of nitrogens with one attached hydrogen (secondary N) is 2. The second kappa shape index (κ2) is 11.1. The van der Waals surface area contributed by atoms with E-state index >= 15 is 0 Å². The first-order valence-corrected chi connectivity index (χ1v) is 12.3. The van der Waals surface area contributed by atoms with Crippen molar-refractivity contribution in [2.45, 2.75) is 46.6 Å². The predicted octanol–water partition coefficient (Wildman–Crippen LogP) is 6.27. The van der Waals surface area contributed by atoms with Crippen LogP contribution in [0.3, 0.4) is 0 Å². The standard InChI is InChI=1S/C27H36N6/c1-4-17-32(18-5-2)19-9-15-28-27-29-16-14-26(31-27)30-21-12-13-25-23(20-21)22-10-7-8-11-24(22)33(25)6-3/h7-8,10-14,16,20H,4-6,9,15,17-19H2,1-3H3,(H2,28,29,30,31). The van der Waals surface area contributed by atoms with Crippen molar-refractivity contribution in [2.24, 2.45) is 0 Å². The van der Waals surface area contributed by atoms with Gasteiger partial charge in [-0.1, -0.05) is 32.0 Å². The van der Waals surface area contributed by atoms with Gasteiger partial charge in [0.2, 0.25) is 5.95 Å². The maximum atomic E-state index is 4.67. The first-order valence-electron chi connectivity index (χ1n) is 12.3. The Labute approximate surface area is 197 Å². The molecule has 6 nitrogen and oxygen atoms in total. The van der Waals surface area contributed by atoms with Crippen LogP contribution in [0.4, 0.5) is 17.5 Å². The van der Waals surface area contributed by atoms with Gasteiger partial charge in [-0.15, -0.1) is 0 Å². The van der Waals surface area contributed by atoms with Crippen LogP contribution in [0.2, 0.25) is 0 Å². The molecular formula is C27H36N6. The van der Waals surface area contributed by atoms with Crippen LogP contribution in [0, 0.1) is 0 Å². The van der Waals surface area contributed by atoms with Crippen LogP contribution in [-0.2, 0) is 6.54 Å². The zero-order valence-electron chi connectivity index (χ0n) is 20.1. The van der Waals surface area contributed by atoms with Crippen molar-refractivity contribution in [2.75, 3.05) is 36.8 Å². The number of fused-ring (bicyclic) bond motifs is 3.